The van der Waals surface area contributed by atoms with Gasteiger partial charge in [-0.3, -0.25) is 13.9 Å². The Morgan fingerprint density at radius 1 is 1.26 bits per heavy atom. The third-order valence-electron chi connectivity index (χ3n) is 4.48. The first-order valence-corrected chi connectivity index (χ1v) is 7.93. The first-order valence-electron chi connectivity index (χ1n) is 7.93. The highest BCUT2D eigenvalue weighted by Crippen LogP contribution is 2.33. The van der Waals surface area contributed by atoms with Crippen molar-refractivity contribution in [1.82, 2.24) is 14.1 Å². The van der Waals surface area contributed by atoms with Crippen LogP contribution in [0.15, 0.2) is 27.8 Å². The number of nitrogens with zero attached hydrogens (tertiary/aromatic N) is 4. The van der Waals surface area contributed by atoms with Gasteiger partial charge in [-0.1, -0.05) is 0 Å². The summed E-state index contributed by atoms with van der Waals surface area (Å²) in [4.78, 5) is 29.2. The average Bonchev–Trinajstić information content (AvgIpc) is 2.68. The maximum atomic E-state index is 13.9. The average molecular weight is 371 g/mol. The molecule has 3 aromatic rings. The van der Waals surface area contributed by atoms with Crippen LogP contribution in [0, 0.1) is 17.1 Å². The molecule has 0 aliphatic carbocycles. The number of benzene rings is 1. The first-order chi connectivity index (χ1) is 12.8. The van der Waals surface area contributed by atoms with E-state index < -0.39 is 23.7 Å². The van der Waals surface area contributed by atoms with Crippen LogP contribution in [0.25, 0.3) is 22.2 Å². The molecule has 27 heavy (non-hydrogen) atoms. The van der Waals surface area contributed by atoms with Crippen LogP contribution in [-0.2, 0) is 27.3 Å². The molecule has 0 aliphatic rings. The quantitative estimate of drug-likeness (QED) is 0.745. The number of nitrogens with two attached hydrogens (primary N) is 1. The molecule has 0 atom stereocenters. The van der Waals surface area contributed by atoms with Gasteiger partial charge in [0.05, 0.1) is 22.7 Å². The molecule has 2 aromatic heterocycles. The lowest BCUT2D eigenvalue weighted by Gasteiger charge is -2.17. The SMILES string of the molecule is Cn1c(=O)c2c(-c3cc(F)ccc3C#N)c(CN)c(CF)nc2n(C)c1=O. The van der Waals surface area contributed by atoms with Crippen LogP contribution in [0.2, 0.25) is 0 Å². The van der Waals surface area contributed by atoms with E-state index in [9.17, 15) is 23.6 Å². The summed E-state index contributed by atoms with van der Waals surface area (Å²) in [6.45, 7) is -1.19. The minimum atomic E-state index is -1.00. The Kier molecular flexibility index (Phi) is 4.59. The number of aryl methyl sites for hydroxylation is 1. The number of alkyl halides is 1. The van der Waals surface area contributed by atoms with E-state index in [4.69, 9.17) is 5.73 Å². The number of aromatic nitrogens is 3. The zero-order chi connectivity index (χ0) is 19.9. The smallest absolute Gasteiger partial charge is 0.326 e. The number of hydrogen-bond donors (Lipinski definition) is 1. The molecule has 138 valence electrons. The van der Waals surface area contributed by atoms with Crippen molar-refractivity contribution < 1.29 is 8.78 Å². The van der Waals surface area contributed by atoms with E-state index in [1.165, 1.54) is 20.2 Å². The highest BCUT2D eigenvalue weighted by atomic mass is 19.1. The van der Waals surface area contributed by atoms with Crippen LogP contribution < -0.4 is 17.0 Å². The van der Waals surface area contributed by atoms with Gasteiger partial charge in [0, 0.05) is 31.8 Å². The molecule has 0 bridgehead atoms. The highest BCUT2D eigenvalue weighted by molar-refractivity contribution is 5.96. The lowest BCUT2D eigenvalue weighted by Crippen LogP contribution is -2.38. The van der Waals surface area contributed by atoms with Gasteiger partial charge in [-0.25, -0.2) is 18.6 Å². The van der Waals surface area contributed by atoms with Crippen molar-refractivity contribution in [2.45, 2.75) is 13.2 Å². The molecule has 0 fully saturated rings. The van der Waals surface area contributed by atoms with Crippen LogP contribution in [0.4, 0.5) is 8.78 Å². The topological polar surface area (TPSA) is 107 Å². The van der Waals surface area contributed by atoms with Gasteiger partial charge in [0.1, 0.15) is 18.1 Å². The van der Waals surface area contributed by atoms with Crippen molar-refractivity contribution in [3.05, 3.63) is 61.7 Å². The summed E-state index contributed by atoms with van der Waals surface area (Å²) in [5.41, 5.74) is 4.79. The molecule has 0 unspecified atom stereocenters. The second-order valence-corrected chi connectivity index (χ2v) is 5.96. The Bertz CT molecular complexity index is 1240. The molecule has 3 rings (SSSR count). The minimum Gasteiger partial charge on any atom is -0.326 e. The van der Waals surface area contributed by atoms with Gasteiger partial charge in [-0.05, 0) is 23.8 Å². The molecular weight excluding hydrogens is 356 g/mol. The monoisotopic (exact) mass is 371 g/mol. The summed E-state index contributed by atoms with van der Waals surface area (Å²) in [5, 5.41) is 9.40. The molecule has 2 N–H and O–H groups in total. The Hall–Kier alpha value is -3.38. The van der Waals surface area contributed by atoms with Crippen molar-refractivity contribution in [2.24, 2.45) is 19.8 Å². The first kappa shape index (κ1) is 18.4. The third-order valence-corrected chi connectivity index (χ3v) is 4.48. The normalized spacial score (nSPS) is 11.0. The molecule has 0 radical (unpaired) electrons. The molecule has 0 aliphatic heterocycles. The second-order valence-electron chi connectivity index (χ2n) is 5.96. The van der Waals surface area contributed by atoms with Gasteiger partial charge in [0.25, 0.3) is 5.56 Å². The molecule has 9 heteroatoms. The van der Waals surface area contributed by atoms with Crippen LogP contribution in [-0.4, -0.2) is 14.1 Å². The fourth-order valence-corrected chi connectivity index (χ4v) is 3.12. The zero-order valence-electron chi connectivity index (χ0n) is 14.6. The van der Waals surface area contributed by atoms with E-state index in [1.807, 2.05) is 6.07 Å². The van der Waals surface area contributed by atoms with E-state index >= 15 is 0 Å². The van der Waals surface area contributed by atoms with Crippen molar-refractivity contribution in [3.63, 3.8) is 0 Å². The summed E-state index contributed by atoms with van der Waals surface area (Å²) < 4.78 is 29.6. The summed E-state index contributed by atoms with van der Waals surface area (Å²) in [7, 11) is 2.68. The highest BCUT2D eigenvalue weighted by Gasteiger charge is 2.23. The number of hydrogen-bond acceptors (Lipinski definition) is 5. The zero-order valence-corrected chi connectivity index (χ0v) is 14.6. The molecular formula is C18H15F2N5O2. The molecule has 1 aromatic carbocycles. The van der Waals surface area contributed by atoms with Gasteiger partial charge in [-0.2, -0.15) is 5.26 Å². The Morgan fingerprint density at radius 3 is 2.56 bits per heavy atom. The summed E-state index contributed by atoms with van der Waals surface area (Å²) >= 11 is 0. The molecule has 0 saturated carbocycles. The third kappa shape index (κ3) is 2.71. The fraction of sp³-hybridized carbons (Fsp3) is 0.222. The van der Waals surface area contributed by atoms with Crippen molar-refractivity contribution in [1.29, 1.82) is 5.26 Å². The minimum absolute atomic E-state index is 0.0284. The van der Waals surface area contributed by atoms with Crippen molar-refractivity contribution in [2.75, 3.05) is 0 Å². The summed E-state index contributed by atoms with van der Waals surface area (Å²) in [6, 6.07) is 5.39. The van der Waals surface area contributed by atoms with E-state index in [0.29, 0.717) is 0 Å². The Morgan fingerprint density at radius 2 is 1.96 bits per heavy atom. The number of fused-ring (bicyclic) bond motifs is 1. The molecule has 2 heterocycles. The number of pyridine rings is 1. The van der Waals surface area contributed by atoms with Crippen LogP contribution in [0.1, 0.15) is 16.8 Å². The van der Waals surface area contributed by atoms with Crippen LogP contribution >= 0.6 is 0 Å². The van der Waals surface area contributed by atoms with Crippen LogP contribution in [0.5, 0.6) is 0 Å². The molecule has 0 saturated heterocycles. The number of nitriles is 1. The van der Waals surface area contributed by atoms with Gasteiger partial charge in [0.15, 0.2) is 0 Å². The van der Waals surface area contributed by atoms with Crippen molar-refractivity contribution in [3.8, 4) is 17.2 Å². The van der Waals surface area contributed by atoms with Gasteiger partial charge in [-0.15, -0.1) is 0 Å². The maximum Gasteiger partial charge on any atom is 0.332 e. The second kappa shape index (κ2) is 6.74. The molecule has 0 amide bonds. The van der Waals surface area contributed by atoms with Gasteiger partial charge < -0.3 is 5.73 Å². The van der Waals surface area contributed by atoms with Gasteiger partial charge in [0.2, 0.25) is 0 Å². The lowest BCUT2D eigenvalue weighted by molar-refractivity contribution is 0.473. The van der Waals surface area contributed by atoms with E-state index in [0.717, 1.165) is 21.3 Å². The fourth-order valence-electron chi connectivity index (χ4n) is 3.12. The largest absolute Gasteiger partial charge is 0.332 e. The Labute approximate surface area is 151 Å². The Balaban J connectivity index is 2.71. The summed E-state index contributed by atoms with van der Waals surface area (Å²) in [6.07, 6.45) is 0. The maximum absolute atomic E-state index is 13.9. The van der Waals surface area contributed by atoms with E-state index in [1.54, 1.807) is 0 Å². The predicted octanol–water partition coefficient (Wildman–Crippen LogP) is 1.24. The molecule has 0 spiro atoms. The lowest BCUT2D eigenvalue weighted by atomic mass is 9.92. The standard InChI is InChI=1S/C18H15F2N5O2/c1-24-16-15(17(26)25(2)18(24)27)14(12(8-22)13(6-19)23-16)11-5-10(20)4-3-9(11)7-21/h3-5H,6,8,22H2,1-2H3. The van der Waals surface area contributed by atoms with E-state index in [-0.39, 0.29) is 45.5 Å². The predicted molar refractivity (Wildman–Crippen MR) is 95.0 cm³/mol. The number of halogens is 2. The number of rotatable bonds is 3. The van der Waals surface area contributed by atoms with Crippen molar-refractivity contribution >= 4 is 11.0 Å². The molecule has 7 nitrogen and oxygen atoms in total. The van der Waals surface area contributed by atoms with E-state index in [2.05, 4.69) is 4.98 Å². The van der Waals surface area contributed by atoms with Crippen LogP contribution in [0.3, 0.4) is 0 Å². The van der Waals surface area contributed by atoms with Gasteiger partial charge >= 0.3 is 5.69 Å². The summed E-state index contributed by atoms with van der Waals surface area (Å²) in [5.74, 6) is -0.639.